The number of nitro groups is 1. The van der Waals surface area contributed by atoms with Crippen molar-refractivity contribution >= 4 is 35.1 Å². The van der Waals surface area contributed by atoms with E-state index in [0.717, 1.165) is 11.1 Å². The summed E-state index contributed by atoms with van der Waals surface area (Å²) in [5, 5.41) is 16.9. The topological polar surface area (TPSA) is 212 Å². The molecule has 3 rings (SSSR count). The van der Waals surface area contributed by atoms with Gasteiger partial charge in [-0.15, -0.1) is 0 Å². The molecule has 244 valence electrons. The number of hydrogen-bond acceptors (Lipinski definition) is 7. The second-order valence-electron chi connectivity index (χ2n) is 11.2. The standard InChI is InChI=1S/C33H42N8O5/c1-22(2)29(39-30(42)27(34)20-23-10-5-3-6-11-23)31(43)38-28(14-9-19-37-33(35)36)32(44)40(21-24-12-7-4-8-13-24)25-15-17-26(18-16-25)41(45)46/h3-8,10-13,15-18,22,27-29H,9,14,19-21,34H2,1-2H3,(H,38,43)(H,39,42)(H4,35,36,37)/t27-,28-,29-/m0/s1. The Labute approximate surface area is 268 Å². The van der Waals surface area contributed by atoms with Gasteiger partial charge >= 0.3 is 0 Å². The molecule has 8 N–H and O–H groups in total. The van der Waals surface area contributed by atoms with Gasteiger partial charge in [-0.1, -0.05) is 74.5 Å². The fraction of sp³-hybridized carbons (Fsp3) is 0.333. The number of nitrogens with one attached hydrogen (secondary N) is 2. The highest BCUT2D eigenvalue weighted by molar-refractivity contribution is 6.00. The Morgan fingerprint density at radius 3 is 2.00 bits per heavy atom. The first kappa shape index (κ1) is 35.2. The van der Waals surface area contributed by atoms with E-state index in [4.69, 9.17) is 17.2 Å². The van der Waals surface area contributed by atoms with E-state index < -0.39 is 40.8 Å². The summed E-state index contributed by atoms with van der Waals surface area (Å²) < 4.78 is 0. The van der Waals surface area contributed by atoms with Crippen LogP contribution in [0.1, 0.15) is 37.8 Å². The molecule has 0 aliphatic rings. The summed E-state index contributed by atoms with van der Waals surface area (Å²) in [6.45, 7) is 3.91. The molecule has 0 aliphatic heterocycles. The fourth-order valence-electron chi connectivity index (χ4n) is 4.78. The van der Waals surface area contributed by atoms with Crippen LogP contribution in [0.15, 0.2) is 89.9 Å². The molecule has 0 aliphatic carbocycles. The van der Waals surface area contributed by atoms with Gasteiger partial charge in [0.25, 0.3) is 5.69 Å². The van der Waals surface area contributed by atoms with Crippen molar-refractivity contribution in [3.63, 3.8) is 0 Å². The number of anilines is 1. The van der Waals surface area contributed by atoms with Gasteiger partial charge in [-0.25, -0.2) is 0 Å². The molecule has 0 fully saturated rings. The second kappa shape index (κ2) is 17.3. The molecule has 0 aromatic heterocycles. The van der Waals surface area contributed by atoms with Gasteiger partial charge in [0.15, 0.2) is 5.96 Å². The molecule has 13 heteroatoms. The van der Waals surface area contributed by atoms with Crippen LogP contribution in [0.3, 0.4) is 0 Å². The normalized spacial score (nSPS) is 12.8. The molecule has 0 heterocycles. The number of amides is 3. The molecular formula is C33H42N8O5. The van der Waals surface area contributed by atoms with E-state index in [1.165, 1.54) is 29.2 Å². The van der Waals surface area contributed by atoms with E-state index in [2.05, 4.69) is 15.6 Å². The number of nitrogens with two attached hydrogens (primary N) is 3. The minimum atomic E-state index is -1.04. The molecule has 3 aromatic rings. The van der Waals surface area contributed by atoms with Crippen molar-refractivity contribution in [1.82, 2.24) is 10.6 Å². The Hall–Kier alpha value is -5.30. The fourth-order valence-corrected chi connectivity index (χ4v) is 4.78. The zero-order valence-corrected chi connectivity index (χ0v) is 26.0. The SMILES string of the molecule is CC(C)[C@H](NC(=O)[C@@H](N)Cc1ccccc1)C(=O)N[C@@H](CCCN=C(N)N)C(=O)N(Cc1ccccc1)c1ccc([N+](=O)[O-])cc1. The van der Waals surface area contributed by atoms with Gasteiger partial charge in [0.2, 0.25) is 17.7 Å². The Bertz CT molecular complexity index is 1480. The number of guanidine groups is 1. The highest BCUT2D eigenvalue weighted by atomic mass is 16.6. The van der Waals surface area contributed by atoms with E-state index >= 15 is 0 Å². The van der Waals surface area contributed by atoms with Crippen molar-refractivity contribution in [2.75, 3.05) is 11.4 Å². The third-order valence-electron chi connectivity index (χ3n) is 7.26. The molecule has 0 spiro atoms. The van der Waals surface area contributed by atoms with Gasteiger partial charge in [-0.2, -0.15) is 0 Å². The average molecular weight is 631 g/mol. The third kappa shape index (κ3) is 10.7. The molecule has 3 amide bonds. The number of hydrogen-bond donors (Lipinski definition) is 5. The van der Waals surface area contributed by atoms with Crippen LogP contribution < -0.4 is 32.7 Å². The summed E-state index contributed by atoms with van der Waals surface area (Å²) in [5.41, 5.74) is 19.1. The maximum Gasteiger partial charge on any atom is 0.269 e. The maximum absolute atomic E-state index is 14.2. The van der Waals surface area contributed by atoms with Crippen molar-refractivity contribution in [2.24, 2.45) is 28.1 Å². The number of nitrogens with zero attached hydrogens (tertiary/aromatic N) is 3. The quantitative estimate of drug-likeness (QED) is 0.0520. The van der Waals surface area contributed by atoms with E-state index in [1.807, 2.05) is 60.7 Å². The van der Waals surface area contributed by atoms with Gasteiger partial charge < -0.3 is 32.7 Å². The van der Waals surface area contributed by atoms with Crippen molar-refractivity contribution in [3.8, 4) is 0 Å². The molecule has 0 saturated heterocycles. The summed E-state index contributed by atoms with van der Waals surface area (Å²) >= 11 is 0. The Morgan fingerprint density at radius 2 is 1.46 bits per heavy atom. The van der Waals surface area contributed by atoms with E-state index in [-0.39, 0.29) is 43.5 Å². The Morgan fingerprint density at radius 1 is 0.870 bits per heavy atom. The first-order valence-electron chi connectivity index (χ1n) is 15.0. The second-order valence-corrected chi connectivity index (χ2v) is 11.2. The molecule has 0 unspecified atom stereocenters. The molecule has 0 radical (unpaired) electrons. The van der Waals surface area contributed by atoms with Gasteiger partial charge in [0.05, 0.1) is 17.5 Å². The molecular weight excluding hydrogens is 588 g/mol. The van der Waals surface area contributed by atoms with Crippen LogP contribution in [0.2, 0.25) is 0 Å². The molecule has 13 nitrogen and oxygen atoms in total. The monoisotopic (exact) mass is 630 g/mol. The lowest BCUT2D eigenvalue weighted by molar-refractivity contribution is -0.384. The van der Waals surface area contributed by atoms with Gasteiger partial charge in [0.1, 0.15) is 12.1 Å². The first-order chi connectivity index (χ1) is 22.0. The molecule has 3 aromatic carbocycles. The smallest absolute Gasteiger partial charge is 0.269 e. The Balaban J connectivity index is 1.87. The zero-order valence-electron chi connectivity index (χ0n) is 26.0. The van der Waals surface area contributed by atoms with Crippen molar-refractivity contribution in [3.05, 3.63) is 106 Å². The average Bonchev–Trinajstić information content (AvgIpc) is 3.04. The summed E-state index contributed by atoms with van der Waals surface area (Å²) in [6, 6.07) is 21.2. The van der Waals surface area contributed by atoms with E-state index in [1.54, 1.807) is 13.8 Å². The van der Waals surface area contributed by atoms with Crippen LogP contribution in [0.25, 0.3) is 0 Å². The lowest BCUT2D eigenvalue weighted by atomic mass is 10.00. The third-order valence-corrected chi connectivity index (χ3v) is 7.26. The van der Waals surface area contributed by atoms with Crippen LogP contribution in [0.5, 0.6) is 0 Å². The number of rotatable bonds is 16. The lowest BCUT2D eigenvalue weighted by Crippen LogP contribution is -2.58. The predicted octanol–water partition coefficient (Wildman–Crippen LogP) is 2.38. The molecule has 46 heavy (non-hydrogen) atoms. The number of carbonyl (C=O) groups is 3. The molecule has 0 bridgehead atoms. The van der Waals surface area contributed by atoms with Gasteiger partial charge in [0, 0.05) is 24.4 Å². The van der Waals surface area contributed by atoms with E-state index in [9.17, 15) is 24.5 Å². The molecule has 3 atom stereocenters. The summed E-state index contributed by atoms with van der Waals surface area (Å²) in [4.78, 5) is 57.2. The lowest BCUT2D eigenvalue weighted by Gasteiger charge is -2.30. The summed E-state index contributed by atoms with van der Waals surface area (Å²) in [7, 11) is 0. The predicted molar refractivity (Wildman–Crippen MR) is 177 cm³/mol. The van der Waals surface area contributed by atoms with Crippen molar-refractivity contribution in [2.45, 2.75) is 57.8 Å². The van der Waals surface area contributed by atoms with Crippen LogP contribution >= 0.6 is 0 Å². The van der Waals surface area contributed by atoms with Gasteiger partial charge in [-0.3, -0.25) is 29.5 Å². The van der Waals surface area contributed by atoms with Crippen LogP contribution in [-0.4, -0.2) is 53.3 Å². The summed E-state index contributed by atoms with van der Waals surface area (Å²) in [5.74, 6) is -1.94. The van der Waals surface area contributed by atoms with Crippen LogP contribution in [0.4, 0.5) is 11.4 Å². The summed E-state index contributed by atoms with van der Waals surface area (Å²) in [6.07, 6.45) is 0.815. The maximum atomic E-state index is 14.2. The number of aliphatic imine (C=N–C) groups is 1. The largest absolute Gasteiger partial charge is 0.370 e. The van der Waals surface area contributed by atoms with Crippen molar-refractivity contribution in [1.29, 1.82) is 0 Å². The zero-order chi connectivity index (χ0) is 33.6. The number of non-ortho nitro benzene ring substituents is 1. The Kier molecular flexibility index (Phi) is 13.2. The minimum absolute atomic E-state index is 0.0991. The minimum Gasteiger partial charge on any atom is -0.370 e. The number of nitro benzene ring substituents is 1. The van der Waals surface area contributed by atoms with Gasteiger partial charge in [-0.05, 0) is 48.4 Å². The van der Waals surface area contributed by atoms with E-state index in [0.29, 0.717) is 12.1 Å². The number of benzene rings is 3. The highest BCUT2D eigenvalue weighted by Gasteiger charge is 2.32. The van der Waals surface area contributed by atoms with Crippen LogP contribution in [-0.2, 0) is 27.3 Å². The van der Waals surface area contributed by atoms with Crippen molar-refractivity contribution < 1.29 is 19.3 Å². The first-order valence-corrected chi connectivity index (χ1v) is 15.0. The highest BCUT2D eigenvalue weighted by Crippen LogP contribution is 2.23. The number of carbonyl (C=O) groups excluding carboxylic acids is 3. The molecule has 0 saturated carbocycles. The van der Waals surface area contributed by atoms with Crippen LogP contribution in [0, 0.1) is 16.0 Å².